The first-order valence-corrected chi connectivity index (χ1v) is 11.2. The van der Waals surface area contributed by atoms with Gasteiger partial charge in [-0.25, -0.2) is 4.79 Å². The average Bonchev–Trinajstić information content (AvgIpc) is 3.21. The molecule has 158 valence electrons. The Morgan fingerprint density at radius 3 is 2.18 bits per heavy atom. The van der Waals surface area contributed by atoms with Gasteiger partial charge in [0.05, 0.1) is 0 Å². The molecule has 1 aromatic heterocycles. The Balaban J connectivity index is 0.00000171. The molecule has 2 unspecified atom stereocenters. The SMILES string of the molecule is CC.CC.CC(Cc1ccsc1)NC(=O)NCC(Cc1ccccc1)N(C)C. The molecule has 1 aromatic carbocycles. The standard InChI is InChI=1S/C19H27N3OS.2C2H6/c1-15(11-17-9-10-24-14-17)21-19(23)20-13-18(22(2)3)12-16-7-5-4-6-8-16;2*1-2/h4-10,14-15,18H,11-13H2,1-3H3,(H2,20,21,23);2*1-2H3. The van der Waals surface area contributed by atoms with Crippen LogP contribution < -0.4 is 10.6 Å². The predicted molar refractivity (Wildman–Crippen MR) is 124 cm³/mol. The molecule has 2 atom stereocenters. The van der Waals surface area contributed by atoms with Crippen molar-refractivity contribution in [1.82, 2.24) is 15.5 Å². The van der Waals surface area contributed by atoms with E-state index >= 15 is 0 Å². The number of carbonyl (C=O) groups is 1. The van der Waals surface area contributed by atoms with Crippen LogP contribution in [0.3, 0.4) is 0 Å². The quantitative estimate of drug-likeness (QED) is 0.634. The molecule has 0 saturated heterocycles. The van der Waals surface area contributed by atoms with Crippen LogP contribution in [0, 0.1) is 0 Å². The lowest BCUT2D eigenvalue weighted by Crippen LogP contribution is -2.47. The van der Waals surface area contributed by atoms with E-state index in [9.17, 15) is 4.79 Å². The first kappa shape index (κ1) is 26.1. The Hall–Kier alpha value is -1.85. The molecule has 2 amide bonds. The Bertz CT molecular complexity index is 600. The Labute approximate surface area is 176 Å². The van der Waals surface area contributed by atoms with E-state index in [4.69, 9.17) is 0 Å². The lowest BCUT2D eigenvalue weighted by atomic mass is 10.1. The molecule has 0 radical (unpaired) electrons. The van der Waals surface area contributed by atoms with Gasteiger partial charge in [0, 0.05) is 18.6 Å². The van der Waals surface area contributed by atoms with Gasteiger partial charge in [-0.3, -0.25) is 0 Å². The summed E-state index contributed by atoms with van der Waals surface area (Å²) in [5.74, 6) is 0. The summed E-state index contributed by atoms with van der Waals surface area (Å²) in [7, 11) is 4.10. The van der Waals surface area contributed by atoms with Crippen LogP contribution in [0.4, 0.5) is 4.79 Å². The van der Waals surface area contributed by atoms with Gasteiger partial charge in [-0.2, -0.15) is 11.3 Å². The van der Waals surface area contributed by atoms with Gasteiger partial charge in [-0.15, -0.1) is 0 Å². The van der Waals surface area contributed by atoms with Crippen LogP contribution in [-0.4, -0.2) is 43.7 Å². The first-order chi connectivity index (χ1) is 13.5. The van der Waals surface area contributed by atoms with Crippen molar-refractivity contribution in [3.63, 3.8) is 0 Å². The maximum atomic E-state index is 12.1. The number of amides is 2. The number of hydrogen-bond donors (Lipinski definition) is 2. The van der Waals surface area contributed by atoms with Crippen LogP contribution in [0.25, 0.3) is 0 Å². The molecule has 0 saturated carbocycles. The van der Waals surface area contributed by atoms with Crippen LogP contribution in [0.2, 0.25) is 0 Å². The number of likely N-dealkylation sites (N-methyl/N-ethyl adjacent to an activating group) is 1. The van der Waals surface area contributed by atoms with Crippen molar-refractivity contribution in [1.29, 1.82) is 0 Å². The molecule has 2 N–H and O–H groups in total. The lowest BCUT2D eigenvalue weighted by molar-refractivity contribution is 0.229. The third-order valence-electron chi connectivity index (χ3n) is 4.04. The van der Waals surface area contributed by atoms with Gasteiger partial charge < -0.3 is 15.5 Å². The van der Waals surface area contributed by atoms with Crippen LogP contribution in [-0.2, 0) is 12.8 Å². The summed E-state index contributed by atoms with van der Waals surface area (Å²) in [5.41, 5.74) is 2.55. The molecule has 0 bridgehead atoms. The topological polar surface area (TPSA) is 44.4 Å². The summed E-state index contributed by atoms with van der Waals surface area (Å²) in [6.45, 7) is 10.7. The van der Waals surface area contributed by atoms with Crippen molar-refractivity contribution in [3.05, 3.63) is 58.3 Å². The molecule has 0 fully saturated rings. The van der Waals surface area contributed by atoms with E-state index in [2.05, 4.69) is 44.5 Å². The molecular weight excluding hydrogens is 366 g/mol. The molecule has 1 heterocycles. The molecule has 28 heavy (non-hydrogen) atoms. The van der Waals surface area contributed by atoms with E-state index in [0.717, 1.165) is 12.8 Å². The Morgan fingerprint density at radius 1 is 1.00 bits per heavy atom. The minimum Gasteiger partial charge on any atom is -0.337 e. The number of nitrogens with one attached hydrogen (secondary N) is 2. The summed E-state index contributed by atoms with van der Waals surface area (Å²) in [6.07, 6.45) is 1.77. The second-order valence-electron chi connectivity index (χ2n) is 6.40. The number of benzene rings is 1. The van der Waals surface area contributed by atoms with Crippen molar-refractivity contribution < 1.29 is 4.79 Å². The molecule has 5 heteroatoms. The van der Waals surface area contributed by atoms with Gasteiger partial charge in [0.1, 0.15) is 0 Å². The summed E-state index contributed by atoms with van der Waals surface area (Å²) in [5, 5.41) is 10.2. The average molecular weight is 406 g/mol. The summed E-state index contributed by atoms with van der Waals surface area (Å²) >= 11 is 1.68. The smallest absolute Gasteiger partial charge is 0.315 e. The number of urea groups is 1. The van der Waals surface area contributed by atoms with Gasteiger partial charge in [0.25, 0.3) is 0 Å². The number of carbonyl (C=O) groups excluding carboxylic acids is 1. The van der Waals surface area contributed by atoms with Gasteiger partial charge in [0.15, 0.2) is 0 Å². The van der Waals surface area contributed by atoms with Crippen molar-refractivity contribution in [2.75, 3.05) is 20.6 Å². The molecule has 0 spiro atoms. The van der Waals surface area contributed by atoms with E-state index in [1.54, 1.807) is 11.3 Å². The molecule has 0 aliphatic rings. The van der Waals surface area contributed by atoms with Gasteiger partial charge >= 0.3 is 6.03 Å². The van der Waals surface area contributed by atoms with E-state index in [0.29, 0.717) is 6.54 Å². The van der Waals surface area contributed by atoms with E-state index < -0.39 is 0 Å². The molecule has 2 rings (SSSR count). The highest BCUT2D eigenvalue weighted by atomic mass is 32.1. The normalized spacial score (nSPS) is 12.0. The van der Waals surface area contributed by atoms with Gasteiger partial charge in [-0.05, 0) is 61.8 Å². The van der Waals surface area contributed by atoms with E-state index in [-0.39, 0.29) is 18.1 Å². The van der Waals surface area contributed by atoms with Crippen LogP contribution in [0.15, 0.2) is 47.2 Å². The summed E-state index contributed by atoms with van der Waals surface area (Å²) in [4.78, 5) is 14.3. The first-order valence-electron chi connectivity index (χ1n) is 10.3. The number of hydrogen-bond acceptors (Lipinski definition) is 3. The zero-order valence-corrected chi connectivity index (χ0v) is 19.5. The third kappa shape index (κ3) is 11.1. The summed E-state index contributed by atoms with van der Waals surface area (Å²) in [6, 6.07) is 12.8. The molecular formula is C23H39N3OS. The lowest BCUT2D eigenvalue weighted by Gasteiger charge is -2.25. The second kappa shape index (κ2) is 16.1. The van der Waals surface area contributed by atoms with E-state index in [1.165, 1.54) is 11.1 Å². The molecule has 0 aliphatic carbocycles. The van der Waals surface area contributed by atoms with Crippen molar-refractivity contribution in [2.24, 2.45) is 0 Å². The van der Waals surface area contributed by atoms with E-state index in [1.807, 2.05) is 66.9 Å². The second-order valence-corrected chi connectivity index (χ2v) is 7.18. The zero-order valence-electron chi connectivity index (χ0n) is 18.7. The van der Waals surface area contributed by atoms with Crippen molar-refractivity contribution >= 4 is 17.4 Å². The molecule has 0 aliphatic heterocycles. The Morgan fingerprint density at radius 2 is 1.64 bits per heavy atom. The largest absolute Gasteiger partial charge is 0.337 e. The third-order valence-corrected chi connectivity index (χ3v) is 4.77. The predicted octanol–water partition coefficient (Wildman–Crippen LogP) is 5.20. The number of thiophene rings is 1. The van der Waals surface area contributed by atoms with Crippen molar-refractivity contribution in [2.45, 2.75) is 59.5 Å². The van der Waals surface area contributed by atoms with Gasteiger partial charge in [-0.1, -0.05) is 58.0 Å². The highest BCUT2D eigenvalue weighted by molar-refractivity contribution is 7.07. The summed E-state index contributed by atoms with van der Waals surface area (Å²) < 4.78 is 0. The number of nitrogens with zero attached hydrogens (tertiary/aromatic N) is 1. The molecule has 4 nitrogen and oxygen atoms in total. The Kier molecular flexibility index (Phi) is 15.1. The fourth-order valence-electron chi connectivity index (χ4n) is 2.62. The van der Waals surface area contributed by atoms with Gasteiger partial charge in [0.2, 0.25) is 0 Å². The monoisotopic (exact) mass is 405 g/mol. The highest BCUT2D eigenvalue weighted by Gasteiger charge is 2.14. The molecule has 2 aromatic rings. The van der Waals surface area contributed by atoms with Crippen molar-refractivity contribution in [3.8, 4) is 0 Å². The maximum absolute atomic E-state index is 12.1. The fraction of sp³-hybridized carbons (Fsp3) is 0.522. The maximum Gasteiger partial charge on any atom is 0.315 e. The minimum absolute atomic E-state index is 0.0994. The zero-order chi connectivity index (χ0) is 21.4. The van der Waals surface area contributed by atoms with Crippen LogP contribution in [0.1, 0.15) is 45.7 Å². The number of rotatable bonds is 8. The van der Waals surface area contributed by atoms with Crippen LogP contribution in [0.5, 0.6) is 0 Å². The fourth-order valence-corrected chi connectivity index (χ4v) is 3.30. The highest BCUT2D eigenvalue weighted by Crippen LogP contribution is 2.09. The van der Waals surface area contributed by atoms with Crippen LogP contribution >= 0.6 is 11.3 Å². The minimum atomic E-state index is -0.0994.